The van der Waals surface area contributed by atoms with Gasteiger partial charge in [0, 0.05) is 20.1 Å². The number of hydrogen-bond donors (Lipinski definition) is 1. The maximum absolute atomic E-state index is 11.8. The average molecular weight is 293 g/mol. The van der Waals surface area contributed by atoms with Crippen LogP contribution < -0.4 is 5.48 Å². The zero-order valence-electron chi connectivity index (χ0n) is 9.91. The molecule has 0 unspecified atom stereocenters. The van der Waals surface area contributed by atoms with Crippen LogP contribution in [-0.4, -0.2) is 23.4 Å². The Morgan fingerprint density at radius 1 is 1.56 bits per heavy atom. The van der Waals surface area contributed by atoms with Gasteiger partial charge in [-0.25, -0.2) is 10.3 Å². The number of ether oxygens (including phenoxy) is 1. The summed E-state index contributed by atoms with van der Waals surface area (Å²) in [4.78, 5) is 17.0. The van der Waals surface area contributed by atoms with Gasteiger partial charge < -0.3 is 9.30 Å². The number of hydrogen-bond acceptors (Lipinski definition) is 3. The molecule has 1 saturated heterocycles. The van der Waals surface area contributed by atoms with Crippen LogP contribution in [0.3, 0.4) is 0 Å². The first-order valence-corrected chi connectivity index (χ1v) is 6.43. The number of hydroxylamine groups is 1. The van der Waals surface area contributed by atoms with Crippen molar-refractivity contribution in [1.82, 2.24) is 10.0 Å². The lowest BCUT2D eigenvalue weighted by Gasteiger charge is -2.22. The summed E-state index contributed by atoms with van der Waals surface area (Å²) >= 11 is 11.7. The lowest BCUT2D eigenvalue weighted by molar-refractivity contribution is -0.186. The molecule has 1 aliphatic rings. The number of nitrogens with zero attached hydrogens (tertiary/aromatic N) is 1. The van der Waals surface area contributed by atoms with Crippen LogP contribution in [0.25, 0.3) is 0 Å². The standard InChI is InChI=1S/C11H14Cl2N2O3/c1-15-8(6-7(12)10(15)13)11(16)14-18-9-4-2-3-5-17-9/h6,9H,2-5H2,1H3,(H,14,16)/t9-/m0/s1. The van der Waals surface area contributed by atoms with Crippen molar-refractivity contribution < 1.29 is 14.4 Å². The summed E-state index contributed by atoms with van der Waals surface area (Å²) < 4.78 is 6.82. The van der Waals surface area contributed by atoms with Crippen LogP contribution in [0.1, 0.15) is 29.8 Å². The minimum absolute atomic E-state index is 0.315. The summed E-state index contributed by atoms with van der Waals surface area (Å²) in [6.45, 7) is 0.655. The molecule has 100 valence electrons. The second-order valence-corrected chi connectivity index (χ2v) is 4.84. The molecule has 1 aromatic rings. The second-order valence-electron chi connectivity index (χ2n) is 4.07. The van der Waals surface area contributed by atoms with Gasteiger partial charge in [0.1, 0.15) is 10.8 Å². The van der Waals surface area contributed by atoms with E-state index in [1.54, 1.807) is 7.05 Å². The first kappa shape index (κ1) is 13.7. The number of rotatable bonds is 3. The summed E-state index contributed by atoms with van der Waals surface area (Å²) in [5.74, 6) is -0.402. The molecule has 1 amide bonds. The van der Waals surface area contributed by atoms with E-state index in [1.807, 2.05) is 0 Å². The van der Waals surface area contributed by atoms with Gasteiger partial charge in [-0.1, -0.05) is 23.2 Å². The SMILES string of the molecule is Cn1c(C(=O)NO[C@H]2CCCCO2)cc(Cl)c1Cl. The van der Waals surface area contributed by atoms with Gasteiger partial charge in [-0.3, -0.25) is 4.79 Å². The molecule has 0 saturated carbocycles. The number of carbonyl (C=O) groups is 1. The highest BCUT2D eigenvalue weighted by molar-refractivity contribution is 6.41. The Labute approximate surface area is 115 Å². The molecule has 7 heteroatoms. The van der Waals surface area contributed by atoms with Crippen molar-refractivity contribution in [3.8, 4) is 0 Å². The van der Waals surface area contributed by atoms with Gasteiger partial charge in [-0.15, -0.1) is 0 Å². The predicted octanol–water partition coefficient (Wildman–Crippen LogP) is 2.52. The highest BCUT2D eigenvalue weighted by Crippen LogP contribution is 2.25. The number of carbonyl (C=O) groups excluding carboxylic acids is 1. The summed E-state index contributed by atoms with van der Waals surface area (Å²) in [5, 5.41) is 0.647. The molecule has 18 heavy (non-hydrogen) atoms. The third kappa shape index (κ3) is 2.98. The molecule has 1 aromatic heterocycles. The van der Waals surface area contributed by atoms with Gasteiger partial charge in [-0.2, -0.15) is 0 Å². The van der Waals surface area contributed by atoms with E-state index in [2.05, 4.69) is 5.48 Å². The van der Waals surface area contributed by atoms with Crippen molar-refractivity contribution in [3.05, 3.63) is 21.9 Å². The first-order valence-electron chi connectivity index (χ1n) is 5.68. The van der Waals surface area contributed by atoms with E-state index in [0.29, 0.717) is 22.5 Å². The fraction of sp³-hybridized carbons (Fsp3) is 0.545. The van der Waals surface area contributed by atoms with Gasteiger partial charge in [-0.05, 0) is 18.9 Å². The molecule has 0 spiro atoms. The number of halogens is 2. The highest BCUT2D eigenvalue weighted by Gasteiger charge is 2.19. The number of amides is 1. The van der Waals surface area contributed by atoms with Crippen molar-refractivity contribution >= 4 is 29.1 Å². The minimum atomic E-state index is -0.402. The molecule has 0 aromatic carbocycles. The molecule has 0 radical (unpaired) electrons. The first-order chi connectivity index (χ1) is 8.59. The second kappa shape index (κ2) is 5.93. The molecule has 1 fully saturated rings. The van der Waals surface area contributed by atoms with E-state index in [9.17, 15) is 4.79 Å². The van der Waals surface area contributed by atoms with E-state index in [-0.39, 0.29) is 6.29 Å². The normalized spacial score (nSPS) is 19.8. The van der Waals surface area contributed by atoms with E-state index in [1.165, 1.54) is 10.6 Å². The fourth-order valence-corrected chi connectivity index (χ4v) is 2.11. The van der Waals surface area contributed by atoms with Crippen molar-refractivity contribution in [2.45, 2.75) is 25.6 Å². The van der Waals surface area contributed by atoms with Crippen LogP contribution in [0.2, 0.25) is 10.2 Å². The van der Waals surface area contributed by atoms with Crippen LogP contribution in [-0.2, 0) is 16.6 Å². The largest absolute Gasteiger partial charge is 0.350 e. The third-order valence-electron chi connectivity index (χ3n) is 2.77. The lowest BCUT2D eigenvalue weighted by Crippen LogP contribution is -2.33. The van der Waals surface area contributed by atoms with Crippen LogP contribution in [0.4, 0.5) is 0 Å². The smallest absolute Gasteiger partial charge is 0.291 e. The topological polar surface area (TPSA) is 52.5 Å². The Balaban J connectivity index is 1.93. The number of nitrogens with one attached hydrogen (secondary N) is 1. The maximum atomic E-state index is 11.8. The maximum Gasteiger partial charge on any atom is 0.291 e. The van der Waals surface area contributed by atoms with Gasteiger partial charge in [0.25, 0.3) is 5.91 Å². The minimum Gasteiger partial charge on any atom is -0.350 e. The van der Waals surface area contributed by atoms with E-state index < -0.39 is 5.91 Å². The molecule has 0 aliphatic carbocycles. The summed E-state index contributed by atoms with van der Waals surface area (Å²) in [6.07, 6.45) is 2.45. The quantitative estimate of drug-likeness (QED) is 0.871. The molecule has 1 atom stereocenters. The van der Waals surface area contributed by atoms with Crippen LogP contribution in [0, 0.1) is 0 Å². The average Bonchev–Trinajstić information content (AvgIpc) is 2.65. The highest BCUT2D eigenvalue weighted by atomic mass is 35.5. The number of aromatic nitrogens is 1. The Bertz CT molecular complexity index is 442. The Morgan fingerprint density at radius 2 is 2.33 bits per heavy atom. The van der Waals surface area contributed by atoms with Crippen molar-refractivity contribution in [2.24, 2.45) is 7.05 Å². The zero-order valence-corrected chi connectivity index (χ0v) is 11.4. The van der Waals surface area contributed by atoms with Gasteiger partial charge in [0.2, 0.25) is 0 Å². The van der Waals surface area contributed by atoms with Crippen LogP contribution in [0.15, 0.2) is 6.07 Å². The fourth-order valence-electron chi connectivity index (χ4n) is 1.74. The molecule has 0 bridgehead atoms. The van der Waals surface area contributed by atoms with E-state index >= 15 is 0 Å². The Kier molecular flexibility index (Phi) is 4.50. The molecule has 1 N–H and O–H groups in total. The van der Waals surface area contributed by atoms with E-state index in [4.69, 9.17) is 32.8 Å². The zero-order chi connectivity index (χ0) is 13.1. The summed E-state index contributed by atoms with van der Waals surface area (Å²) in [5.41, 5.74) is 2.68. The predicted molar refractivity (Wildman–Crippen MR) is 67.6 cm³/mol. The molecular weight excluding hydrogens is 279 g/mol. The molecular formula is C11H14Cl2N2O3. The summed E-state index contributed by atoms with van der Waals surface area (Å²) in [7, 11) is 1.65. The van der Waals surface area contributed by atoms with Crippen LogP contribution in [0.5, 0.6) is 0 Å². The molecule has 1 aliphatic heterocycles. The molecule has 2 heterocycles. The van der Waals surface area contributed by atoms with Crippen molar-refractivity contribution in [1.29, 1.82) is 0 Å². The third-order valence-corrected chi connectivity index (χ3v) is 3.61. The summed E-state index contributed by atoms with van der Waals surface area (Å²) in [6, 6.07) is 1.49. The Morgan fingerprint density at radius 3 is 2.89 bits per heavy atom. The van der Waals surface area contributed by atoms with Gasteiger partial charge in [0.05, 0.1) is 5.02 Å². The van der Waals surface area contributed by atoms with Crippen LogP contribution >= 0.6 is 23.2 Å². The van der Waals surface area contributed by atoms with E-state index in [0.717, 1.165) is 19.3 Å². The molecule has 2 rings (SSSR count). The van der Waals surface area contributed by atoms with Crippen molar-refractivity contribution in [2.75, 3.05) is 6.61 Å². The monoisotopic (exact) mass is 292 g/mol. The van der Waals surface area contributed by atoms with Gasteiger partial charge in [0.15, 0.2) is 6.29 Å². The van der Waals surface area contributed by atoms with Crippen molar-refractivity contribution in [3.63, 3.8) is 0 Å². The lowest BCUT2D eigenvalue weighted by atomic mass is 10.2. The molecule has 5 nitrogen and oxygen atoms in total. The van der Waals surface area contributed by atoms with Gasteiger partial charge >= 0.3 is 0 Å². The Hall–Kier alpha value is -0.750.